The van der Waals surface area contributed by atoms with Gasteiger partial charge < -0.3 is 5.32 Å². The first-order chi connectivity index (χ1) is 15.9. The number of hydrogen-bond donors (Lipinski definition) is 1. The number of benzene rings is 3. The fourth-order valence-electron chi connectivity index (χ4n) is 4.04. The van der Waals surface area contributed by atoms with Gasteiger partial charge in [-0.25, -0.2) is 12.8 Å². The lowest BCUT2D eigenvalue weighted by molar-refractivity contribution is 0.0909. The standard InChI is InChI=1S/C26H27FN2O3S/c27-23-12-8-20(9-13-23)18-29-16-14-24(15-17-29)28-26(30)22-10-6-21(7-11-22)19-33(31,32)25-4-2-1-3-5-25/h1-13,24H,14-19H2,(H,28,30). The fourth-order valence-corrected chi connectivity index (χ4v) is 5.40. The summed E-state index contributed by atoms with van der Waals surface area (Å²) in [5.41, 5.74) is 2.24. The van der Waals surface area contributed by atoms with Gasteiger partial charge in [0.15, 0.2) is 9.84 Å². The van der Waals surface area contributed by atoms with E-state index in [2.05, 4.69) is 10.2 Å². The highest BCUT2D eigenvalue weighted by molar-refractivity contribution is 7.90. The summed E-state index contributed by atoms with van der Waals surface area (Å²) in [5.74, 6) is -0.485. The third kappa shape index (κ3) is 6.27. The lowest BCUT2D eigenvalue weighted by atomic mass is 10.0. The number of halogens is 1. The molecule has 1 amide bonds. The highest BCUT2D eigenvalue weighted by atomic mass is 32.2. The Bertz CT molecular complexity index is 1170. The number of rotatable bonds is 7. The van der Waals surface area contributed by atoms with Crippen LogP contribution in [0.5, 0.6) is 0 Å². The summed E-state index contributed by atoms with van der Waals surface area (Å²) >= 11 is 0. The van der Waals surface area contributed by atoms with Gasteiger partial charge in [-0.1, -0.05) is 42.5 Å². The molecular weight excluding hydrogens is 439 g/mol. The Morgan fingerprint density at radius 1 is 0.879 bits per heavy atom. The van der Waals surface area contributed by atoms with E-state index in [9.17, 15) is 17.6 Å². The number of nitrogens with zero attached hydrogens (tertiary/aromatic N) is 1. The molecule has 5 nitrogen and oxygen atoms in total. The van der Waals surface area contributed by atoms with Gasteiger partial charge in [0.25, 0.3) is 5.91 Å². The molecule has 1 saturated heterocycles. The van der Waals surface area contributed by atoms with Gasteiger partial charge in [0.05, 0.1) is 10.6 Å². The van der Waals surface area contributed by atoms with Crippen molar-refractivity contribution in [1.82, 2.24) is 10.2 Å². The average molecular weight is 467 g/mol. The minimum Gasteiger partial charge on any atom is -0.349 e. The number of amides is 1. The molecule has 0 aromatic heterocycles. The number of carbonyl (C=O) groups is 1. The van der Waals surface area contributed by atoms with Crippen molar-refractivity contribution in [3.8, 4) is 0 Å². The SMILES string of the molecule is O=C(NC1CCN(Cc2ccc(F)cc2)CC1)c1ccc(CS(=O)(=O)c2ccccc2)cc1. The van der Waals surface area contributed by atoms with E-state index < -0.39 is 9.84 Å². The molecule has 0 radical (unpaired) electrons. The predicted octanol–water partition coefficient (Wildman–Crippen LogP) is 4.19. The molecule has 172 valence electrons. The Hall–Kier alpha value is -3.03. The molecule has 33 heavy (non-hydrogen) atoms. The Morgan fingerprint density at radius 2 is 1.48 bits per heavy atom. The molecule has 0 aliphatic carbocycles. The molecule has 0 atom stereocenters. The van der Waals surface area contributed by atoms with Crippen molar-refractivity contribution >= 4 is 15.7 Å². The van der Waals surface area contributed by atoms with E-state index in [1.54, 1.807) is 66.7 Å². The van der Waals surface area contributed by atoms with Gasteiger partial charge in [-0.2, -0.15) is 0 Å². The topological polar surface area (TPSA) is 66.5 Å². The second-order valence-electron chi connectivity index (χ2n) is 8.42. The number of carbonyl (C=O) groups excluding carboxylic acids is 1. The average Bonchev–Trinajstić information content (AvgIpc) is 2.82. The molecule has 1 fully saturated rings. The monoisotopic (exact) mass is 466 g/mol. The predicted molar refractivity (Wildman–Crippen MR) is 126 cm³/mol. The summed E-state index contributed by atoms with van der Waals surface area (Å²) in [6, 6.07) is 21.8. The molecule has 3 aromatic rings. The molecule has 0 bridgehead atoms. The van der Waals surface area contributed by atoms with E-state index in [0.29, 0.717) is 11.1 Å². The van der Waals surface area contributed by atoms with Gasteiger partial charge in [0, 0.05) is 31.2 Å². The maximum atomic E-state index is 13.1. The van der Waals surface area contributed by atoms with E-state index in [4.69, 9.17) is 0 Å². The molecule has 1 aliphatic heterocycles. The molecule has 0 saturated carbocycles. The van der Waals surface area contributed by atoms with Crippen LogP contribution in [0.4, 0.5) is 4.39 Å². The van der Waals surface area contributed by atoms with Crippen LogP contribution >= 0.6 is 0 Å². The summed E-state index contributed by atoms with van der Waals surface area (Å²) in [5, 5.41) is 3.09. The summed E-state index contributed by atoms with van der Waals surface area (Å²) in [7, 11) is -3.42. The number of piperidine rings is 1. The van der Waals surface area contributed by atoms with E-state index in [1.165, 1.54) is 12.1 Å². The minimum absolute atomic E-state index is 0.0973. The number of nitrogens with one attached hydrogen (secondary N) is 1. The first-order valence-electron chi connectivity index (χ1n) is 11.0. The van der Waals surface area contributed by atoms with Gasteiger partial charge in [-0.15, -0.1) is 0 Å². The van der Waals surface area contributed by atoms with E-state index in [1.807, 2.05) is 0 Å². The number of sulfone groups is 1. The smallest absolute Gasteiger partial charge is 0.251 e. The zero-order valence-corrected chi connectivity index (χ0v) is 19.1. The zero-order valence-electron chi connectivity index (χ0n) is 18.3. The third-order valence-corrected chi connectivity index (χ3v) is 7.62. The minimum atomic E-state index is -3.42. The third-order valence-electron chi connectivity index (χ3n) is 5.92. The van der Waals surface area contributed by atoms with Gasteiger partial charge >= 0.3 is 0 Å². The summed E-state index contributed by atoms with van der Waals surface area (Å²) < 4.78 is 38.1. The lowest BCUT2D eigenvalue weighted by Crippen LogP contribution is -2.44. The summed E-state index contributed by atoms with van der Waals surface area (Å²) in [6.07, 6.45) is 1.70. The molecule has 1 heterocycles. The Labute approximate surface area is 194 Å². The van der Waals surface area contributed by atoms with Crippen molar-refractivity contribution in [1.29, 1.82) is 0 Å². The van der Waals surface area contributed by atoms with E-state index in [0.717, 1.165) is 38.0 Å². The molecule has 1 N–H and O–H groups in total. The Kier molecular flexibility index (Phi) is 7.20. The molecular formula is C26H27FN2O3S. The Morgan fingerprint density at radius 3 is 2.12 bits per heavy atom. The molecule has 4 rings (SSSR count). The van der Waals surface area contributed by atoms with Crippen LogP contribution in [0, 0.1) is 5.82 Å². The zero-order chi connectivity index (χ0) is 23.3. The lowest BCUT2D eigenvalue weighted by Gasteiger charge is -2.32. The van der Waals surface area contributed by atoms with Crippen LogP contribution in [0.1, 0.15) is 34.3 Å². The number of hydrogen-bond acceptors (Lipinski definition) is 4. The first kappa shape index (κ1) is 23.1. The van der Waals surface area contributed by atoms with Gasteiger partial charge in [-0.3, -0.25) is 9.69 Å². The van der Waals surface area contributed by atoms with Crippen molar-refractivity contribution in [2.45, 2.75) is 36.1 Å². The highest BCUT2D eigenvalue weighted by Crippen LogP contribution is 2.18. The normalized spacial score (nSPS) is 15.3. The second-order valence-corrected chi connectivity index (χ2v) is 10.4. The van der Waals surface area contributed by atoms with Crippen molar-refractivity contribution in [3.63, 3.8) is 0 Å². The van der Waals surface area contributed by atoms with Crippen LogP contribution in [-0.2, 0) is 22.1 Å². The maximum absolute atomic E-state index is 13.1. The summed E-state index contributed by atoms with van der Waals surface area (Å²) in [6.45, 7) is 2.49. The fraction of sp³-hybridized carbons (Fsp3) is 0.269. The maximum Gasteiger partial charge on any atom is 0.251 e. The van der Waals surface area contributed by atoms with Gasteiger partial charge in [0.1, 0.15) is 5.82 Å². The van der Waals surface area contributed by atoms with Crippen molar-refractivity contribution in [3.05, 3.63) is 101 Å². The molecule has 1 aliphatic rings. The van der Waals surface area contributed by atoms with Gasteiger partial charge in [0.2, 0.25) is 0 Å². The molecule has 0 spiro atoms. The van der Waals surface area contributed by atoms with Crippen LogP contribution < -0.4 is 5.32 Å². The van der Waals surface area contributed by atoms with Crippen molar-refractivity contribution in [2.75, 3.05) is 13.1 Å². The van der Waals surface area contributed by atoms with Crippen LogP contribution in [0.25, 0.3) is 0 Å². The Balaban J connectivity index is 1.27. The van der Waals surface area contributed by atoms with Crippen LogP contribution in [-0.4, -0.2) is 38.4 Å². The molecule has 7 heteroatoms. The van der Waals surface area contributed by atoms with Crippen LogP contribution in [0.15, 0.2) is 83.8 Å². The summed E-state index contributed by atoms with van der Waals surface area (Å²) in [4.78, 5) is 15.2. The van der Waals surface area contributed by atoms with E-state index >= 15 is 0 Å². The van der Waals surface area contributed by atoms with Crippen molar-refractivity contribution < 1.29 is 17.6 Å². The largest absolute Gasteiger partial charge is 0.349 e. The quantitative estimate of drug-likeness (QED) is 0.567. The second kappa shape index (κ2) is 10.3. The van der Waals surface area contributed by atoms with Gasteiger partial charge in [-0.05, 0) is 60.4 Å². The van der Waals surface area contributed by atoms with Crippen molar-refractivity contribution in [2.24, 2.45) is 0 Å². The molecule has 3 aromatic carbocycles. The number of likely N-dealkylation sites (tertiary alicyclic amines) is 1. The van der Waals surface area contributed by atoms with E-state index in [-0.39, 0.29) is 28.4 Å². The highest BCUT2D eigenvalue weighted by Gasteiger charge is 2.21. The van der Waals surface area contributed by atoms with Crippen LogP contribution in [0.2, 0.25) is 0 Å². The van der Waals surface area contributed by atoms with Crippen LogP contribution in [0.3, 0.4) is 0 Å². The molecule has 0 unspecified atom stereocenters. The first-order valence-corrected chi connectivity index (χ1v) is 12.7.